The molecule has 5 heteroatoms. The Hall–Kier alpha value is -3.60. The van der Waals surface area contributed by atoms with Crippen molar-refractivity contribution in [1.29, 1.82) is 0 Å². The summed E-state index contributed by atoms with van der Waals surface area (Å²) < 4.78 is 5.94. The number of nitrogens with one attached hydrogen (secondary N) is 1. The molecule has 1 N–H and O–H groups in total. The minimum absolute atomic E-state index is 0.0201. The molecule has 0 radical (unpaired) electrons. The van der Waals surface area contributed by atoms with Crippen LogP contribution in [-0.4, -0.2) is 18.4 Å². The van der Waals surface area contributed by atoms with Gasteiger partial charge in [0.05, 0.1) is 5.92 Å². The van der Waals surface area contributed by atoms with E-state index in [1.807, 2.05) is 62.4 Å². The molecule has 3 aromatic rings. The van der Waals surface area contributed by atoms with Crippen LogP contribution in [-0.2, 0) is 15.0 Å². The van der Waals surface area contributed by atoms with Crippen LogP contribution in [0.25, 0.3) is 0 Å². The zero-order chi connectivity index (χ0) is 24.5. The maximum Gasteiger partial charge on any atom is 0.229 e. The van der Waals surface area contributed by atoms with E-state index in [4.69, 9.17) is 4.74 Å². The summed E-state index contributed by atoms with van der Waals surface area (Å²) in [6, 6.07) is 21.4. The van der Waals surface area contributed by atoms with Gasteiger partial charge in [0, 0.05) is 24.3 Å². The highest BCUT2D eigenvalue weighted by Gasteiger charge is 2.35. The molecule has 2 amide bonds. The number of aryl methyl sites for hydroxylation is 2. The smallest absolute Gasteiger partial charge is 0.229 e. The van der Waals surface area contributed by atoms with Crippen molar-refractivity contribution in [2.75, 3.05) is 16.8 Å². The molecule has 1 saturated heterocycles. The Bertz CT molecular complexity index is 1190. The number of ether oxygens (including phenoxy) is 1. The molecule has 0 bridgehead atoms. The number of hydrogen-bond acceptors (Lipinski definition) is 3. The van der Waals surface area contributed by atoms with Gasteiger partial charge < -0.3 is 15.0 Å². The lowest BCUT2D eigenvalue weighted by Crippen LogP contribution is -2.28. The van der Waals surface area contributed by atoms with Gasteiger partial charge in [0.15, 0.2) is 0 Å². The Labute approximate surface area is 201 Å². The summed E-state index contributed by atoms with van der Waals surface area (Å²) in [4.78, 5) is 27.2. The largest absolute Gasteiger partial charge is 0.457 e. The minimum Gasteiger partial charge on any atom is -0.457 e. The first-order valence-electron chi connectivity index (χ1n) is 11.7. The molecule has 1 aliphatic heterocycles. The molecule has 34 heavy (non-hydrogen) atoms. The average Bonchev–Trinajstić information content (AvgIpc) is 3.16. The van der Waals surface area contributed by atoms with Gasteiger partial charge in [-0.15, -0.1) is 0 Å². The average molecular weight is 457 g/mol. The number of hydrogen-bond donors (Lipinski definition) is 1. The monoisotopic (exact) mass is 456 g/mol. The summed E-state index contributed by atoms with van der Waals surface area (Å²) in [5.74, 6) is 0.908. The van der Waals surface area contributed by atoms with Gasteiger partial charge in [-0.1, -0.05) is 50.6 Å². The third kappa shape index (κ3) is 5.30. The first kappa shape index (κ1) is 23.6. The molecule has 0 aromatic heterocycles. The van der Waals surface area contributed by atoms with Gasteiger partial charge in [-0.3, -0.25) is 9.59 Å². The molecule has 1 aliphatic rings. The zero-order valence-corrected chi connectivity index (χ0v) is 20.5. The number of carbonyl (C=O) groups excluding carboxylic acids is 2. The normalized spacial score (nSPS) is 16.0. The van der Waals surface area contributed by atoms with Crippen LogP contribution in [0.1, 0.15) is 43.9 Å². The van der Waals surface area contributed by atoms with E-state index in [1.54, 1.807) is 4.90 Å². The van der Waals surface area contributed by atoms with Gasteiger partial charge in [-0.2, -0.15) is 0 Å². The first-order chi connectivity index (χ1) is 16.1. The number of carbonyl (C=O) groups is 2. The number of rotatable bonds is 5. The summed E-state index contributed by atoms with van der Waals surface area (Å²) in [7, 11) is 0. The lowest BCUT2D eigenvalue weighted by Gasteiger charge is -2.19. The Morgan fingerprint density at radius 2 is 1.56 bits per heavy atom. The van der Waals surface area contributed by atoms with Crippen molar-refractivity contribution in [1.82, 2.24) is 0 Å². The quantitative estimate of drug-likeness (QED) is 0.484. The summed E-state index contributed by atoms with van der Waals surface area (Å²) in [6.45, 7) is 10.9. The van der Waals surface area contributed by atoms with Crippen LogP contribution in [0.15, 0.2) is 66.7 Å². The topological polar surface area (TPSA) is 58.6 Å². The van der Waals surface area contributed by atoms with Crippen molar-refractivity contribution in [3.05, 3.63) is 83.4 Å². The van der Waals surface area contributed by atoms with Crippen molar-refractivity contribution >= 4 is 23.2 Å². The zero-order valence-electron chi connectivity index (χ0n) is 20.5. The maximum absolute atomic E-state index is 12.8. The van der Waals surface area contributed by atoms with E-state index < -0.39 is 0 Å². The highest BCUT2D eigenvalue weighted by Crippen LogP contribution is 2.30. The molecular formula is C29H32N2O3. The molecule has 1 fully saturated rings. The first-order valence-corrected chi connectivity index (χ1v) is 11.7. The molecule has 5 nitrogen and oxygen atoms in total. The predicted molar refractivity (Wildman–Crippen MR) is 137 cm³/mol. The molecule has 0 unspecified atom stereocenters. The molecule has 0 aliphatic carbocycles. The number of nitrogens with zero attached hydrogens (tertiary/aromatic N) is 1. The van der Waals surface area contributed by atoms with Crippen LogP contribution in [0.5, 0.6) is 11.5 Å². The third-order valence-corrected chi connectivity index (χ3v) is 6.22. The lowest BCUT2D eigenvalue weighted by atomic mass is 9.87. The molecule has 0 spiro atoms. The van der Waals surface area contributed by atoms with Crippen LogP contribution in [0.4, 0.5) is 11.4 Å². The van der Waals surface area contributed by atoms with Crippen molar-refractivity contribution in [3.8, 4) is 11.5 Å². The van der Waals surface area contributed by atoms with Gasteiger partial charge in [-0.05, 0) is 72.9 Å². The van der Waals surface area contributed by atoms with E-state index in [2.05, 4.69) is 44.3 Å². The van der Waals surface area contributed by atoms with Crippen molar-refractivity contribution in [2.24, 2.45) is 5.92 Å². The van der Waals surface area contributed by atoms with Crippen LogP contribution in [0, 0.1) is 19.8 Å². The molecule has 1 heterocycles. The summed E-state index contributed by atoms with van der Waals surface area (Å²) in [5, 5.41) is 2.94. The lowest BCUT2D eigenvalue weighted by molar-refractivity contribution is -0.122. The van der Waals surface area contributed by atoms with Gasteiger partial charge in [0.1, 0.15) is 11.5 Å². The molecule has 4 rings (SSSR count). The minimum atomic E-state index is -0.384. The van der Waals surface area contributed by atoms with E-state index in [1.165, 1.54) is 5.56 Å². The number of anilines is 2. The van der Waals surface area contributed by atoms with Gasteiger partial charge in [0.2, 0.25) is 11.8 Å². The van der Waals surface area contributed by atoms with E-state index in [9.17, 15) is 9.59 Å². The van der Waals surface area contributed by atoms with E-state index in [0.717, 1.165) is 22.6 Å². The summed E-state index contributed by atoms with van der Waals surface area (Å²) in [5.41, 5.74) is 5.09. The van der Waals surface area contributed by atoms with Gasteiger partial charge >= 0.3 is 0 Å². The number of benzene rings is 3. The van der Waals surface area contributed by atoms with Crippen LogP contribution >= 0.6 is 0 Å². The molecule has 176 valence electrons. The molecule has 0 saturated carbocycles. The second-order valence-corrected chi connectivity index (χ2v) is 10.1. The Balaban J connectivity index is 1.36. The van der Waals surface area contributed by atoms with Crippen LogP contribution in [0.2, 0.25) is 0 Å². The fourth-order valence-electron chi connectivity index (χ4n) is 4.23. The highest BCUT2D eigenvalue weighted by molar-refractivity contribution is 6.03. The van der Waals surface area contributed by atoms with Crippen LogP contribution in [0.3, 0.4) is 0 Å². The third-order valence-electron chi connectivity index (χ3n) is 6.22. The summed E-state index contributed by atoms with van der Waals surface area (Å²) >= 11 is 0. The van der Waals surface area contributed by atoms with E-state index >= 15 is 0 Å². The maximum atomic E-state index is 12.8. The second kappa shape index (κ2) is 9.34. The SMILES string of the molecule is Cc1ccc(N2C[C@H](C(=O)Nc3ccc(Oc4ccc(C(C)(C)C)cc4)cc3)CC2=O)c(C)c1. The molecule has 3 aromatic carbocycles. The van der Waals surface area contributed by atoms with Crippen LogP contribution < -0.4 is 15.0 Å². The Kier molecular flexibility index (Phi) is 6.47. The second-order valence-electron chi connectivity index (χ2n) is 10.1. The number of amides is 2. The van der Waals surface area contributed by atoms with Gasteiger partial charge in [0.25, 0.3) is 0 Å². The fraction of sp³-hybridized carbons (Fsp3) is 0.310. The molecule has 1 atom stereocenters. The van der Waals surface area contributed by atoms with E-state index in [0.29, 0.717) is 18.0 Å². The predicted octanol–water partition coefficient (Wildman–Crippen LogP) is 6.38. The standard InChI is InChI=1S/C29H32N2O3/c1-19-6-15-26(20(2)16-19)31-18-21(17-27(31)32)28(33)30-23-9-13-25(14-10-23)34-24-11-7-22(8-12-24)29(3,4)5/h6-16,21H,17-18H2,1-5H3,(H,30,33)/t21-/m1/s1. The highest BCUT2D eigenvalue weighted by atomic mass is 16.5. The summed E-state index contributed by atoms with van der Waals surface area (Å²) in [6.07, 6.45) is 0.213. The van der Waals surface area contributed by atoms with Crippen molar-refractivity contribution < 1.29 is 14.3 Å². The van der Waals surface area contributed by atoms with Crippen molar-refractivity contribution in [3.63, 3.8) is 0 Å². The van der Waals surface area contributed by atoms with Gasteiger partial charge in [-0.25, -0.2) is 0 Å². The molecular weight excluding hydrogens is 424 g/mol. The Morgan fingerprint density at radius 3 is 2.15 bits per heavy atom. The fourth-order valence-corrected chi connectivity index (χ4v) is 4.23. The van der Waals surface area contributed by atoms with Crippen molar-refractivity contribution in [2.45, 2.75) is 46.5 Å². The van der Waals surface area contributed by atoms with E-state index in [-0.39, 0.29) is 29.6 Å². The Morgan fingerprint density at radius 1 is 0.941 bits per heavy atom.